The SMILES string of the molecule is C=Cc1c2c(n(-c3ccc(-c4ccccc4)cc3)c1CC)CCC(c1ccc3c(c1)c1ccccc1n3-c1ccc(-c3ccccc3)cc1)=C2. The quantitative estimate of drug-likeness (QED) is 0.164. The second-order valence-electron chi connectivity index (χ2n) is 13.2. The predicted molar refractivity (Wildman–Crippen MR) is 213 cm³/mol. The van der Waals surface area contributed by atoms with Crippen LogP contribution in [0.1, 0.15) is 41.4 Å². The average molecular weight is 643 g/mol. The van der Waals surface area contributed by atoms with Gasteiger partial charge in [-0.15, -0.1) is 0 Å². The molecule has 0 bridgehead atoms. The van der Waals surface area contributed by atoms with Crippen LogP contribution in [0.4, 0.5) is 0 Å². The second kappa shape index (κ2) is 12.4. The molecule has 9 rings (SSSR count). The zero-order valence-corrected chi connectivity index (χ0v) is 28.3. The number of para-hydroxylation sites is 1. The second-order valence-corrected chi connectivity index (χ2v) is 13.2. The van der Waals surface area contributed by atoms with E-state index in [-0.39, 0.29) is 0 Å². The fourth-order valence-electron chi connectivity index (χ4n) is 8.06. The Balaban J connectivity index is 1.12. The molecule has 0 saturated carbocycles. The van der Waals surface area contributed by atoms with Gasteiger partial charge in [0.05, 0.1) is 11.0 Å². The molecule has 0 saturated heterocycles. The van der Waals surface area contributed by atoms with Crippen LogP contribution in [0, 0.1) is 0 Å². The van der Waals surface area contributed by atoms with Gasteiger partial charge in [0.2, 0.25) is 0 Å². The van der Waals surface area contributed by atoms with Gasteiger partial charge in [0, 0.05) is 44.7 Å². The lowest BCUT2D eigenvalue weighted by molar-refractivity contribution is 0.839. The Morgan fingerprint density at radius 1 is 0.540 bits per heavy atom. The summed E-state index contributed by atoms with van der Waals surface area (Å²) in [6.07, 6.45) is 7.41. The third-order valence-corrected chi connectivity index (χ3v) is 10.4. The minimum absolute atomic E-state index is 0.940. The number of aromatic nitrogens is 2. The van der Waals surface area contributed by atoms with E-state index in [2.05, 4.69) is 186 Å². The summed E-state index contributed by atoms with van der Waals surface area (Å²) in [4.78, 5) is 0. The Hall–Kier alpha value is -6.12. The fraction of sp³-hybridized carbons (Fsp3) is 0.0833. The summed E-state index contributed by atoms with van der Waals surface area (Å²) in [5, 5.41) is 2.56. The predicted octanol–water partition coefficient (Wildman–Crippen LogP) is 12.6. The van der Waals surface area contributed by atoms with Crippen LogP contribution in [0.2, 0.25) is 0 Å². The number of nitrogens with zero attached hydrogens (tertiary/aromatic N) is 2. The molecule has 1 aliphatic carbocycles. The van der Waals surface area contributed by atoms with Crippen LogP contribution in [0.25, 0.3) is 73.2 Å². The lowest BCUT2D eigenvalue weighted by atomic mass is 9.90. The van der Waals surface area contributed by atoms with Crippen LogP contribution in [0.15, 0.2) is 158 Å². The minimum Gasteiger partial charge on any atom is -0.317 e. The molecule has 6 aromatic carbocycles. The van der Waals surface area contributed by atoms with E-state index in [1.165, 1.54) is 89.1 Å². The summed E-state index contributed by atoms with van der Waals surface area (Å²) in [5.74, 6) is 0. The first-order valence-corrected chi connectivity index (χ1v) is 17.7. The first-order chi connectivity index (χ1) is 24.7. The third-order valence-electron chi connectivity index (χ3n) is 10.4. The van der Waals surface area contributed by atoms with Crippen molar-refractivity contribution in [2.24, 2.45) is 0 Å². The molecule has 0 fully saturated rings. The molecule has 0 aliphatic heterocycles. The van der Waals surface area contributed by atoms with Crippen molar-refractivity contribution >= 4 is 39.5 Å². The summed E-state index contributed by atoms with van der Waals surface area (Å²) < 4.78 is 4.90. The number of rotatable bonds is 7. The van der Waals surface area contributed by atoms with Gasteiger partial charge < -0.3 is 9.13 Å². The summed E-state index contributed by atoms with van der Waals surface area (Å²) in [5.41, 5.74) is 17.7. The fourth-order valence-corrected chi connectivity index (χ4v) is 8.06. The van der Waals surface area contributed by atoms with Crippen LogP contribution in [-0.4, -0.2) is 9.13 Å². The van der Waals surface area contributed by atoms with Crippen LogP contribution in [0.5, 0.6) is 0 Å². The van der Waals surface area contributed by atoms with Crippen molar-refractivity contribution in [3.8, 4) is 33.6 Å². The largest absolute Gasteiger partial charge is 0.317 e. The van der Waals surface area contributed by atoms with E-state index in [4.69, 9.17) is 0 Å². The van der Waals surface area contributed by atoms with E-state index in [0.717, 1.165) is 19.3 Å². The molecule has 0 N–H and O–H groups in total. The Labute approximate surface area is 293 Å². The molecule has 2 heteroatoms. The lowest BCUT2D eigenvalue weighted by Crippen LogP contribution is -2.07. The van der Waals surface area contributed by atoms with Crippen LogP contribution in [-0.2, 0) is 12.8 Å². The van der Waals surface area contributed by atoms with Gasteiger partial charge in [-0.05, 0) is 101 Å². The van der Waals surface area contributed by atoms with E-state index in [1.54, 1.807) is 0 Å². The number of hydrogen-bond donors (Lipinski definition) is 0. The lowest BCUT2D eigenvalue weighted by Gasteiger charge is -2.19. The van der Waals surface area contributed by atoms with Gasteiger partial charge in [-0.3, -0.25) is 0 Å². The third kappa shape index (κ3) is 4.95. The van der Waals surface area contributed by atoms with Crippen molar-refractivity contribution in [3.05, 3.63) is 186 Å². The Morgan fingerprint density at radius 3 is 1.70 bits per heavy atom. The summed E-state index contributed by atoms with van der Waals surface area (Å²) >= 11 is 0. The monoisotopic (exact) mass is 642 g/mol. The molecular weight excluding hydrogens is 605 g/mol. The van der Waals surface area contributed by atoms with Gasteiger partial charge in [0.25, 0.3) is 0 Å². The molecule has 0 radical (unpaired) electrons. The molecule has 2 nitrogen and oxygen atoms in total. The topological polar surface area (TPSA) is 9.86 Å². The van der Waals surface area contributed by atoms with E-state index in [1.807, 2.05) is 0 Å². The van der Waals surface area contributed by atoms with Crippen LogP contribution >= 0.6 is 0 Å². The Bertz CT molecular complexity index is 2540. The first-order valence-electron chi connectivity index (χ1n) is 17.7. The number of benzene rings is 6. The number of fused-ring (bicyclic) bond motifs is 4. The van der Waals surface area contributed by atoms with Gasteiger partial charge in [-0.25, -0.2) is 0 Å². The number of allylic oxidation sites excluding steroid dienone is 1. The van der Waals surface area contributed by atoms with Crippen molar-refractivity contribution in [2.75, 3.05) is 0 Å². The molecule has 8 aromatic rings. The van der Waals surface area contributed by atoms with Crippen LogP contribution < -0.4 is 0 Å². The smallest absolute Gasteiger partial charge is 0.0541 e. The molecule has 0 atom stereocenters. The van der Waals surface area contributed by atoms with Gasteiger partial charge in [0.1, 0.15) is 0 Å². The van der Waals surface area contributed by atoms with E-state index < -0.39 is 0 Å². The highest BCUT2D eigenvalue weighted by Crippen LogP contribution is 2.40. The van der Waals surface area contributed by atoms with Crippen molar-refractivity contribution < 1.29 is 0 Å². The van der Waals surface area contributed by atoms with Crippen molar-refractivity contribution in [2.45, 2.75) is 26.2 Å². The van der Waals surface area contributed by atoms with Crippen molar-refractivity contribution in [1.82, 2.24) is 9.13 Å². The highest BCUT2D eigenvalue weighted by Gasteiger charge is 2.24. The van der Waals surface area contributed by atoms with Crippen molar-refractivity contribution in [1.29, 1.82) is 0 Å². The van der Waals surface area contributed by atoms with Gasteiger partial charge in [-0.2, -0.15) is 0 Å². The van der Waals surface area contributed by atoms with Gasteiger partial charge >= 0.3 is 0 Å². The normalized spacial score (nSPS) is 12.6. The zero-order valence-electron chi connectivity index (χ0n) is 28.3. The van der Waals surface area contributed by atoms with E-state index in [9.17, 15) is 0 Å². The summed E-state index contributed by atoms with van der Waals surface area (Å²) in [6, 6.07) is 55.0. The Morgan fingerprint density at radius 2 is 1.08 bits per heavy atom. The van der Waals surface area contributed by atoms with Gasteiger partial charge in [0.15, 0.2) is 0 Å². The molecule has 0 amide bonds. The zero-order chi connectivity index (χ0) is 33.6. The minimum atomic E-state index is 0.940. The molecule has 0 spiro atoms. The molecule has 240 valence electrons. The molecule has 1 aliphatic rings. The maximum atomic E-state index is 4.29. The van der Waals surface area contributed by atoms with E-state index in [0.29, 0.717) is 0 Å². The molecule has 50 heavy (non-hydrogen) atoms. The number of hydrogen-bond acceptors (Lipinski definition) is 0. The highest BCUT2D eigenvalue weighted by atomic mass is 15.0. The summed E-state index contributed by atoms with van der Waals surface area (Å²) in [7, 11) is 0. The Kier molecular flexibility index (Phi) is 7.43. The molecule has 2 heterocycles. The first kappa shape index (κ1) is 30.0. The maximum Gasteiger partial charge on any atom is 0.0541 e. The van der Waals surface area contributed by atoms with Crippen LogP contribution in [0.3, 0.4) is 0 Å². The molecule has 2 aromatic heterocycles. The maximum absolute atomic E-state index is 4.29. The molecule has 0 unspecified atom stereocenters. The highest BCUT2D eigenvalue weighted by molar-refractivity contribution is 6.10. The van der Waals surface area contributed by atoms with Crippen molar-refractivity contribution in [3.63, 3.8) is 0 Å². The van der Waals surface area contributed by atoms with E-state index >= 15 is 0 Å². The standard InChI is InChI=1S/C48H38N2/c1-3-41-43-31-37(23-29-47(43)49(45(41)4-2)39-25-19-35(20-26-39)33-13-7-5-8-14-33)38-24-30-48-44(32-38)42-17-11-12-18-46(42)50(48)40-27-21-36(22-28-40)34-15-9-6-10-16-34/h3,5-22,24-28,30-32H,1,4,23,29H2,2H3. The summed E-state index contributed by atoms with van der Waals surface area (Å²) in [6.45, 7) is 6.55. The average Bonchev–Trinajstić information content (AvgIpc) is 3.70. The van der Waals surface area contributed by atoms with Gasteiger partial charge in [-0.1, -0.05) is 129 Å². The molecular formula is C48H38N2.